The largest absolute Gasteiger partial charge is 0.465 e. The predicted molar refractivity (Wildman–Crippen MR) is 131 cm³/mol. The summed E-state index contributed by atoms with van der Waals surface area (Å²) in [4.78, 5) is 37.2. The summed E-state index contributed by atoms with van der Waals surface area (Å²) in [6.45, 7) is 0. The average molecular weight is 536 g/mol. The van der Waals surface area contributed by atoms with Crippen molar-refractivity contribution in [1.82, 2.24) is 24.7 Å². The molecule has 0 radical (unpaired) electrons. The van der Waals surface area contributed by atoms with E-state index in [1.165, 1.54) is 48.6 Å². The number of methoxy groups -OCH3 is 1. The maximum atomic E-state index is 15.0. The molecule has 0 atom stereocenters. The van der Waals surface area contributed by atoms with Gasteiger partial charge in [-0.25, -0.2) is 23.8 Å². The van der Waals surface area contributed by atoms with Crippen LogP contribution in [-0.2, 0) is 10.9 Å². The molecule has 3 heterocycles. The number of amides is 1. The smallest absolute Gasteiger partial charge is 0.417 e. The van der Waals surface area contributed by atoms with Crippen molar-refractivity contribution in [2.75, 3.05) is 12.4 Å². The number of hydrogen-bond donors (Lipinski definition) is 1. The van der Waals surface area contributed by atoms with Crippen LogP contribution < -0.4 is 5.32 Å². The van der Waals surface area contributed by atoms with E-state index in [-0.39, 0.29) is 28.8 Å². The van der Waals surface area contributed by atoms with Crippen molar-refractivity contribution in [3.8, 4) is 17.1 Å². The standard InChI is InChI=1S/C26H16F4N6O3/c1-39-25(38)14-5-2-6-15(11-14)36-23(21-20(35-36)7-3-8-31-21)34-24(37)17-12-16(22-32-9-4-10-33-22)18(13-19(17)27)26(28,29)30/h2-13H,1H3,(H,34,37). The second-order valence-electron chi connectivity index (χ2n) is 8.08. The number of pyridine rings is 1. The first kappa shape index (κ1) is 25.4. The fourth-order valence-corrected chi connectivity index (χ4v) is 3.88. The Morgan fingerprint density at radius 2 is 1.69 bits per heavy atom. The minimum absolute atomic E-state index is 0.00516. The number of aromatic nitrogens is 5. The van der Waals surface area contributed by atoms with Crippen LogP contribution in [0.5, 0.6) is 0 Å². The molecular formula is C26H16F4N6O3. The normalized spacial score (nSPS) is 11.4. The van der Waals surface area contributed by atoms with Crippen LogP contribution in [0.3, 0.4) is 0 Å². The molecule has 5 rings (SSSR count). The molecular weight excluding hydrogens is 520 g/mol. The highest BCUT2D eigenvalue weighted by Gasteiger charge is 2.36. The number of nitrogens with one attached hydrogen (secondary N) is 1. The molecule has 0 fully saturated rings. The van der Waals surface area contributed by atoms with Gasteiger partial charge in [0.25, 0.3) is 5.91 Å². The van der Waals surface area contributed by atoms with Crippen LogP contribution in [0.25, 0.3) is 28.1 Å². The van der Waals surface area contributed by atoms with Gasteiger partial charge < -0.3 is 10.1 Å². The quantitative estimate of drug-likeness (QED) is 0.246. The molecule has 2 aromatic carbocycles. The van der Waals surface area contributed by atoms with Crippen molar-refractivity contribution in [1.29, 1.82) is 0 Å². The molecule has 13 heteroatoms. The number of hydrogen-bond acceptors (Lipinski definition) is 7. The lowest BCUT2D eigenvalue weighted by atomic mass is 10.0. The number of carbonyl (C=O) groups is 2. The van der Waals surface area contributed by atoms with Crippen LogP contribution in [0.1, 0.15) is 26.3 Å². The number of nitrogens with zero attached hydrogens (tertiary/aromatic N) is 5. The van der Waals surface area contributed by atoms with Gasteiger partial charge >= 0.3 is 12.1 Å². The Morgan fingerprint density at radius 3 is 2.41 bits per heavy atom. The first-order chi connectivity index (χ1) is 18.7. The van der Waals surface area contributed by atoms with Gasteiger partial charge in [0.2, 0.25) is 0 Å². The van der Waals surface area contributed by atoms with Crippen LogP contribution in [0.2, 0.25) is 0 Å². The van der Waals surface area contributed by atoms with Crippen molar-refractivity contribution in [3.05, 3.63) is 95.7 Å². The minimum atomic E-state index is -4.94. The first-order valence-electron chi connectivity index (χ1n) is 11.2. The Hall–Kier alpha value is -5.20. The number of esters is 1. The molecule has 0 spiro atoms. The second kappa shape index (κ2) is 9.93. The lowest BCUT2D eigenvalue weighted by molar-refractivity contribution is -0.137. The van der Waals surface area contributed by atoms with Crippen molar-refractivity contribution < 1.29 is 31.9 Å². The van der Waals surface area contributed by atoms with Crippen molar-refractivity contribution in [2.24, 2.45) is 0 Å². The number of rotatable bonds is 5. The number of benzene rings is 2. The lowest BCUT2D eigenvalue weighted by Crippen LogP contribution is -2.19. The number of fused-ring (bicyclic) bond motifs is 1. The summed E-state index contributed by atoms with van der Waals surface area (Å²) in [5, 5.41) is 6.92. The Kier molecular flexibility index (Phi) is 6.48. The third-order valence-electron chi connectivity index (χ3n) is 5.64. The van der Waals surface area contributed by atoms with Gasteiger partial charge in [0.05, 0.1) is 29.5 Å². The number of halogens is 4. The van der Waals surface area contributed by atoms with Gasteiger partial charge in [-0.1, -0.05) is 6.07 Å². The highest BCUT2D eigenvalue weighted by molar-refractivity contribution is 6.08. The Morgan fingerprint density at radius 1 is 0.949 bits per heavy atom. The fourth-order valence-electron chi connectivity index (χ4n) is 3.88. The van der Waals surface area contributed by atoms with Crippen molar-refractivity contribution in [2.45, 2.75) is 6.18 Å². The second-order valence-corrected chi connectivity index (χ2v) is 8.08. The van der Waals surface area contributed by atoms with Gasteiger partial charge in [-0.15, -0.1) is 0 Å². The maximum absolute atomic E-state index is 15.0. The van der Waals surface area contributed by atoms with E-state index in [4.69, 9.17) is 4.74 Å². The van der Waals surface area contributed by atoms with E-state index in [1.807, 2.05) is 0 Å². The van der Waals surface area contributed by atoms with E-state index in [0.717, 1.165) is 6.07 Å². The van der Waals surface area contributed by atoms with Crippen LogP contribution >= 0.6 is 0 Å². The molecule has 0 bridgehead atoms. The summed E-state index contributed by atoms with van der Waals surface area (Å²) in [5.41, 5.74) is -1.50. The molecule has 0 aliphatic heterocycles. The average Bonchev–Trinajstić information content (AvgIpc) is 3.30. The van der Waals surface area contributed by atoms with E-state index in [0.29, 0.717) is 11.2 Å². The molecule has 0 aliphatic carbocycles. The number of carbonyl (C=O) groups excluding carboxylic acids is 2. The molecule has 0 saturated carbocycles. The Labute approximate surface area is 217 Å². The zero-order valence-corrected chi connectivity index (χ0v) is 19.9. The van der Waals surface area contributed by atoms with Gasteiger partial charge in [0, 0.05) is 24.2 Å². The Balaban J connectivity index is 1.62. The minimum Gasteiger partial charge on any atom is -0.465 e. The maximum Gasteiger partial charge on any atom is 0.417 e. The van der Waals surface area contributed by atoms with E-state index >= 15 is 0 Å². The van der Waals surface area contributed by atoms with Gasteiger partial charge in [0.15, 0.2) is 11.6 Å². The van der Waals surface area contributed by atoms with E-state index in [2.05, 4.69) is 25.4 Å². The highest BCUT2D eigenvalue weighted by Crippen LogP contribution is 2.37. The molecule has 0 unspecified atom stereocenters. The molecule has 9 nitrogen and oxygen atoms in total. The molecule has 39 heavy (non-hydrogen) atoms. The van der Waals surface area contributed by atoms with Gasteiger partial charge in [-0.2, -0.15) is 18.3 Å². The van der Waals surface area contributed by atoms with Crippen LogP contribution in [0.15, 0.2) is 73.2 Å². The third kappa shape index (κ3) is 4.89. The van der Waals surface area contributed by atoms with Gasteiger partial charge in [0.1, 0.15) is 16.9 Å². The van der Waals surface area contributed by atoms with Crippen LogP contribution in [0.4, 0.5) is 23.4 Å². The van der Waals surface area contributed by atoms with Crippen molar-refractivity contribution in [3.63, 3.8) is 0 Å². The topological polar surface area (TPSA) is 112 Å². The lowest BCUT2D eigenvalue weighted by Gasteiger charge is -2.15. The Bertz CT molecular complexity index is 1720. The van der Waals surface area contributed by atoms with Crippen LogP contribution in [-0.4, -0.2) is 43.7 Å². The summed E-state index contributed by atoms with van der Waals surface area (Å²) in [7, 11) is 1.22. The van der Waals surface area contributed by atoms with Gasteiger partial charge in [-0.05, 0) is 48.5 Å². The monoisotopic (exact) mass is 536 g/mol. The zero-order valence-electron chi connectivity index (χ0n) is 19.9. The van der Waals surface area contributed by atoms with Gasteiger partial charge in [-0.3, -0.25) is 9.78 Å². The molecule has 196 valence electrons. The summed E-state index contributed by atoms with van der Waals surface area (Å²) >= 11 is 0. The summed E-state index contributed by atoms with van der Waals surface area (Å²) < 4.78 is 62.1. The molecule has 0 aliphatic rings. The molecule has 1 N–H and O–H groups in total. The zero-order chi connectivity index (χ0) is 27.7. The van der Waals surface area contributed by atoms with Crippen molar-refractivity contribution >= 4 is 28.7 Å². The summed E-state index contributed by atoms with van der Waals surface area (Å²) in [6.07, 6.45) is -1.04. The predicted octanol–water partition coefficient (Wildman–Crippen LogP) is 5.07. The number of anilines is 1. The van der Waals surface area contributed by atoms with E-state index in [1.54, 1.807) is 24.3 Å². The molecule has 3 aromatic heterocycles. The fraction of sp³-hybridized carbons (Fsp3) is 0.0769. The first-order valence-corrected chi connectivity index (χ1v) is 11.2. The van der Waals surface area contributed by atoms with Crippen LogP contribution in [0, 0.1) is 5.82 Å². The van der Waals surface area contributed by atoms with E-state index in [9.17, 15) is 27.2 Å². The summed E-state index contributed by atoms with van der Waals surface area (Å²) in [6, 6.07) is 11.7. The molecule has 1 amide bonds. The molecule has 5 aromatic rings. The SMILES string of the molecule is COC(=O)c1cccc(-n2nc3cccnc3c2NC(=O)c2cc(-c3ncccn3)c(C(F)(F)F)cc2F)c1. The highest BCUT2D eigenvalue weighted by atomic mass is 19.4. The van der Waals surface area contributed by atoms with E-state index < -0.39 is 40.6 Å². The summed E-state index contributed by atoms with van der Waals surface area (Å²) in [5.74, 6) is -3.43. The number of ether oxygens (including phenoxy) is 1. The molecule has 0 saturated heterocycles. The third-order valence-corrected chi connectivity index (χ3v) is 5.64. The number of alkyl halides is 3.